The molecular formula is C8H6N4O2. The number of nitro groups is 1. The van der Waals surface area contributed by atoms with Gasteiger partial charge in [-0.3, -0.25) is 15.1 Å². The molecule has 0 unspecified atom stereocenters. The van der Waals surface area contributed by atoms with Crippen LogP contribution in [0.2, 0.25) is 0 Å². The number of nitro benzene ring substituents is 1. The topological polar surface area (TPSA) is 94.9 Å². The highest BCUT2D eigenvalue weighted by Crippen LogP contribution is 2.22. The van der Waals surface area contributed by atoms with Gasteiger partial charge in [0.2, 0.25) is 0 Å². The van der Waals surface area contributed by atoms with E-state index in [0.29, 0.717) is 5.52 Å². The van der Waals surface area contributed by atoms with Crippen molar-refractivity contribution < 1.29 is 4.92 Å². The van der Waals surface area contributed by atoms with E-state index in [2.05, 4.69) is 9.97 Å². The van der Waals surface area contributed by atoms with Gasteiger partial charge in [-0.2, -0.15) is 0 Å². The lowest BCUT2D eigenvalue weighted by atomic mass is 10.2. The summed E-state index contributed by atoms with van der Waals surface area (Å²) in [6.07, 6.45) is 1.37. The molecule has 0 spiro atoms. The van der Waals surface area contributed by atoms with Gasteiger partial charge in [-0.25, -0.2) is 4.98 Å². The zero-order chi connectivity index (χ0) is 10.1. The molecule has 0 bridgehead atoms. The van der Waals surface area contributed by atoms with Crippen molar-refractivity contribution in [1.29, 1.82) is 0 Å². The van der Waals surface area contributed by atoms with Crippen molar-refractivity contribution in [3.05, 3.63) is 34.5 Å². The third-order valence-electron chi connectivity index (χ3n) is 1.77. The first-order chi connectivity index (χ1) is 6.68. The fraction of sp³-hybridized carbons (Fsp3) is 0. The van der Waals surface area contributed by atoms with Gasteiger partial charge in [0.05, 0.1) is 16.6 Å². The fourth-order valence-corrected chi connectivity index (χ4v) is 1.18. The van der Waals surface area contributed by atoms with Crippen LogP contribution in [0.25, 0.3) is 11.0 Å². The lowest BCUT2D eigenvalue weighted by Gasteiger charge is -1.98. The molecule has 0 radical (unpaired) electrons. The Kier molecular flexibility index (Phi) is 1.74. The van der Waals surface area contributed by atoms with E-state index in [9.17, 15) is 10.1 Å². The first kappa shape index (κ1) is 8.36. The van der Waals surface area contributed by atoms with Crippen LogP contribution in [0.15, 0.2) is 24.4 Å². The molecule has 0 aliphatic carbocycles. The lowest BCUT2D eigenvalue weighted by molar-refractivity contribution is -0.383. The highest BCUT2D eigenvalue weighted by atomic mass is 16.6. The number of para-hydroxylation sites is 1. The van der Waals surface area contributed by atoms with E-state index in [0.717, 1.165) is 0 Å². The number of fused-ring (bicyclic) bond motifs is 1. The van der Waals surface area contributed by atoms with Gasteiger partial charge in [0.1, 0.15) is 5.82 Å². The quantitative estimate of drug-likeness (QED) is 0.537. The molecule has 0 atom stereocenters. The van der Waals surface area contributed by atoms with Gasteiger partial charge in [0.25, 0.3) is 5.69 Å². The van der Waals surface area contributed by atoms with Gasteiger partial charge in [0, 0.05) is 6.07 Å². The zero-order valence-corrected chi connectivity index (χ0v) is 7.04. The number of nitrogens with two attached hydrogens (primary N) is 1. The van der Waals surface area contributed by atoms with E-state index >= 15 is 0 Å². The summed E-state index contributed by atoms with van der Waals surface area (Å²) < 4.78 is 0. The molecule has 0 aliphatic rings. The number of aromatic nitrogens is 2. The van der Waals surface area contributed by atoms with Crippen molar-refractivity contribution >= 4 is 22.5 Å². The van der Waals surface area contributed by atoms with E-state index in [1.54, 1.807) is 12.1 Å². The van der Waals surface area contributed by atoms with E-state index in [-0.39, 0.29) is 17.0 Å². The number of non-ortho nitro benzene ring substituents is 1. The van der Waals surface area contributed by atoms with Crippen LogP contribution in [0.1, 0.15) is 0 Å². The smallest absolute Gasteiger partial charge is 0.297 e. The number of rotatable bonds is 1. The minimum atomic E-state index is -0.504. The Hall–Kier alpha value is -2.24. The fourth-order valence-electron chi connectivity index (χ4n) is 1.18. The molecule has 2 rings (SSSR count). The minimum absolute atomic E-state index is 0.0812. The Balaban J connectivity index is 2.84. The average Bonchev–Trinajstić information content (AvgIpc) is 2.16. The molecule has 0 fully saturated rings. The van der Waals surface area contributed by atoms with Crippen molar-refractivity contribution in [3.8, 4) is 0 Å². The van der Waals surface area contributed by atoms with Gasteiger partial charge in [-0.15, -0.1) is 0 Å². The Bertz CT molecular complexity index is 512. The van der Waals surface area contributed by atoms with Crippen LogP contribution in [-0.4, -0.2) is 14.9 Å². The minimum Gasteiger partial charge on any atom is -0.382 e. The maximum absolute atomic E-state index is 10.6. The van der Waals surface area contributed by atoms with E-state index < -0.39 is 4.92 Å². The molecule has 6 nitrogen and oxygen atoms in total. The van der Waals surface area contributed by atoms with Crippen molar-refractivity contribution in [1.82, 2.24) is 9.97 Å². The standard InChI is InChI=1S/C8H6N4O2/c9-7-4-10-5-2-1-3-6(12(13)14)8(5)11-7/h1-4H,(H2,9,11). The van der Waals surface area contributed by atoms with Crippen molar-refractivity contribution in [2.24, 2.45) is 0 Å². The predicted octanol–water partition coefficient (Wildman–Crippen LogP) is 1.12. The van der Waals surface area contributed by atoms with Gasteiger partial charge >= 0.3 is 0 Å². The van der Waals surface area contributed by atoms with E-state index in [1.165, 1.54) is 12.3 Å². The second-order valence-electron chi connectivity index (χ2n) is 2.70. The third-order valence-corrected chi connectivity index (χ3v) is 1.77. The molecule has 0 saturated carbocycles. The number of nitrogen functional groups attached to an aromatic ring is 1. The normalized spacial score (nSPS) is 10.3. The number of nitrogens with zero attached hydrogens (tertiary/aromatic N) is 3. The van der Waals surface area contributed by atoms with Crippen molar-refractivity contribution in [2.75, 3.05) is 5.73 Å². The summed E-state index contributed by atoms with van der Waals surface area (Å²) in [7, 11) is 0. The molecule has 2 N–H and O–H groups in total. The Labute approximate surface area is 78.5 Å². The van der Waals surface area contributed by atoms with Crippen molar-refractivity contribution in [3.63, 3.8) is 0 Å². The van der Waals surface area contributed by atoms with Crippen LogP contribution in [0.5, 0.6) is 0 Å². The number of anilines is 1. The maximum atomic E-state index is 10.6. The first-order valence-corrected chi connectivity index (χ1v) is 3.84. The maximum Gasteiger partial charge on any atom is 0.297 e. The van der Waals surface area contributed by atoms with Crippen LogP contribution < -0.4 is 5.73 Å². The van der Waals surface area contributed by atoms with Gasteiger partial charge in [-0.1, -0.05) is 6.07 Å². The molecule has 0 amide bonds. The molecule has 70 valence electrons. The van der Waals surface area contributed by atoms with Crippen molar-refractivity contribution in [2.45, 2.75) is 0 Å². The summed E-state index contributed by atoms with van der Waals surface area (Å²) in [5.74, 6) is 0.173. The predicted molar refractivity (Wildman–Crippen MR) is 50.6 cm³/mol. The summed E-state index contributed by atoms with van der Waals surface area (Å²) in [5.41, 5.74) is 6.00. The van der Waals surface area contributed by atoms with E-state index in [1.807, 2.05) is 0 Å². The van der Waals surface area contributed by atoms with Crippen LogP contribution in [-0.2, 0) is 0 Å². The average molecular weight is 190 g/mol. The summed E-state index contributed by atoms with van der Waals surface area (Å²) >= 11 is 0. The zero-order valence-electron chi connectivity index (χ0n) is 7.04. The van der Waals surface area contributed by atoms with Crippen LogP contribution in [0.4, 0.5) is 11.5 Å². The molecule has 6 heteroatoms. The van der Waals surface area contributed by atoms with Gasteiger partial charge < -0.3 is 5.73 Å². The summed E-state index contributed by atoms with van der Waals surface area (Å²) in [6.45, 7) is 0. The molecule has 2 aromatic rings. The second kappa shape index (κ2) is 2.91. The summed E-state index contributed by atoms with van der Waals surface area (Å²) in [4.78, 5) is 17.9. The SMILES string of the molecule is Nc1cnc2cccc([N+](=O)[O-])c2n1. The number of hydrogen-bond donors (Lipinski definition) is 1. The lowest BCUT2D eigenvalue weighted by Crippen LogP contribution is -1.96. The molecule has 0 saturated heterocycles. The highest BCUT2D eigenvalue weighted by molar-refractivity contribution is 5.84. The number of benzene rings is 1. The molecule has 1 aromatic carbocycles. The first-order valence-electron chi connectivity index (χ1n) is 3.84. The van der Waals surface area contributed by atoms with Crippen LogP contribution >= 0.6 is 0 Å². The molecule has 0 aliphatic heterocycles. The Morgan fingerprint density at radius 1 is 1.43 bits per heavy atom. The molecule has 1 heterocycles. The van der Waals surface area contributed by atoms with Gasteiger partial charge in [-0.05, 0) is 6.07 Å². The van der Waals surface area contributed by atoms with Gasteiger partial charge in [0.15, 0.2) is 5.52 Å². The molecular weight excluding hydrogens is 184 g/mol. The third kappa shape index (κ3) is 1.22. The summed E-state index contributed by atoms with van der Waals surface area (Å²) in [5, 5.41) is 10.6. The second-order valence-corrected chi connectivity index (χ2v) is 2.70. The molecule has 1 aromatic heterocycles. The van der Waals surface area contributed by atoms with Crippen LogP contribution in [0, 0.1) is 10.1 Å². The largest absolute Gasteiger partial charge is 0.382 e. The summed E-state index contributed by atoms with van der Waals surface area (Å²) in [6, 6.07) is 4.58. The Morgan fingerprint density at radius 2 is 2.21 bits per heavy atom. The molecule has 14 heavy (non-hydrogen) atoms. The van der Waals surface area contributed by atoms with Crippen LogP contribution in [0.3, 0.4) is 0 Å². The highest BCUT2D eigenvalue weighted by Gasteiger charge is 2.12. The monoisotopic (exact) mass is 190 g/mol. The Morgan fingerprint density at radius 3 is 2.93 bits per heavy atom. The number of hydrogen-bond acceptors (Lipinski definition) is 5. The van der Waals surface area contributed by atoms with E-state index in [4.69, 9.17) is 5.73 Å².